The van der Waals surface area contributed by atoms with E-state index in [9.17, 15) is 9.59 Å². The molecule has 110 valence electrons. The van der Waals surface area contributed by atoms with Crippen molar-refractivity contribution >= 4 is 5.91 Å². The number of hydrogen-bond acceptors (Lipinski definition) is 5. The number of aromatic nitrogens is 4. The lowest BCUT2D eigenvalue weighted by Gasteiger charge is -2.37. The van der Waals surface area contributed by atoms with Gasteiger partial charge in [0.1, 0.15) is 5.69 Å². The number of rotatable bonds is 4. The largest absolute Gasteiger partial charge is 0.438 e. The molecular weight excluding hydrogens is 274 g/mol. The molecule has 0 aromatic carbocycles. The molecule has 1 saturated heterocycles. The number of carbonyl (C=O) groups is 1. The highest BCUT2D eigenvalue weighted by atomic mass is 16.5. The van der Waals surface area contributed by atoms with Crippen LogP contribution in [0.3, 0.4) is 0 Å². The number of nitrogens with one attached hydrogen (secondary N) is 1. The first-order valence-electron chi connectivity index (χ1n) is 7.07. The number of nitrogens with zero attached hydrogens (tertiary/aromatic N) is 4. The van der Waals surface area contributed by atoms with E-state index in [1.807, 2.05) is 0 Å². The number of aromatic amines is 1. The Balaban J connectivity index is 1.42. The highest BCUT2D eigenvalue weighted by Crippen LogP contribution is 2.31. The number of carbonyl (C=O) groups excluding carboxylic acids is 1. The van der Waals surface area contributed by atoms with Gasteiger partial charge >= 0.3 is 5.76 Å². The maximum atomic E-state index is 12.4. The number of likely N-dealkylation sites (tertiary alicyclic amines) is 1. The standard InChI is InChI=1S/C13H15N5O3/c19-12(10-3-4-14-18(10)5-8-1-2-8)17-6-9(7-17)11-15-13(20)21-16-11/h3-4,8-9H,1-2,5-7H2,(H,15,16,20). The molecule has 1 amide bonds. The zero-order valence-electron chi connectivity index (χ0n) is 11.4. The van der Waals surface area contributed by atoms with E-state index in [2.05, 4.69) is 19.8 Å². The van der Waals surface area contributed by atoms with Gasteiger partial charge in [0, 0.05) is 25.8 Å². The first-order chi connectivity index (χ1) is 10.2. The molecule has 4 rings (SSSR count). The summed E-state index contributed by atoms with van der Waals surface area (Å²) in [5.74, 6) is 0.643. The summed E-state index contributed by atoms with van der Waals surface area (Å²) in [4.78, 5) is 27.6. The summed E-state index contributed by atoms with van der Waals surface area (Å²) in [5.41, 5.74) is 0.633. The van der Waals surface area contributed by atoms with Crippen molar-refractivity contribution in [1.29, 1.82) is 0 Å². The van der Waals surface area contributed by atoms with Gasteiger partial charge in [-0.05, 0) is 24.8 Å². The van der Waals surface area contributed by atoms with Gasteiger partial charge in [-0.15, -0.1) is 0 Å². The van der Waals surface area contributed by atoms with Crippen molar-refractivity contribution in [2.45, 2.75) is 25.3 Å². The zero-order valence-corrected chi connectivity index (χ0v) is 11.4. The SMILES string of the molecule is O=C(c1ccnn1CC1CC1)N1CC(c2noc(=O)[nH]2)C1. The molecule has 2 aromatic rings. The Bertz CT molecular complexity index is 720. The predicted octanol–water partition coefficient (Wildman–Crippen LogP) is 0.209. The van der Waals surface area contributed by atoms with E-state index in [4.69, 9.17) is 0 Å². The fourth-order valence-corrected chi connectivity index (χ4v) is 2.60. The molecule has 0 radical (unpaired) electrons. The highest BCUT2D eigenvalue weighted by Gasteiger charge is 2.36. The molecule has 8 heteroatoms. The fraction of sp³-hybridized carbons (Fsp3) is 0.538. The minimum Gasteiger partial charge on any atom is -0.336 e. The van der Waals surface area contributed by atoms with Crippen LogP contribution in [-0.2, 0) is 6.54 Å². The maximum absolute atomic E-state index is 12.4. The lowest BCUT2D eigenvalue weighted by molar-refractivity contribution is 0.0578. The Morgan fingerprint density at radius 3 is 2.90 bits per heavy atom. The quantitative estimate of drug-likeness (QED) is 0.867. The van der Waals surface area contributed by atoms with Crippen molar-refractivity contribution in [3.63, 3.8) is 0 Å². The monoisotopic (exact) mass is 289 g/mol. The topological polar surface area (TPSA) is 97.0 Å². The van der Waals surface area contributed by atoms with E-state index in [0.29, 0.717) is 30.5 Å². The van der Waals surface area contributed by atoms with Gasteiger partial charge in [-0.3, -0.25) is 19.0 Å². The third kappa shape index (κ3) is 2.26. The summed E-state index contributed by atoms with van der Waals surface area (Å²) in [6.45, 7) is 1.90. The predicted molar refractivity (Wildman–Crippen MR) is 70.7 cm³/mol. The van der Waals surface area contributed by atoms with Gasteiger partial charge in [-0.1, -0.05) is 5.16 Å². The molecule has 1 saturated carbocycles. The van der Waals surface area contributed by atoms with Crippen molar-refractivity contribution in [2.24, 2.45) is 5.92 Å². The molecule has 0 spiro atoms. The smallest absolute Gasteiger partial charge is 0.336 e. The second-order valence-corrected chi connectivity index (χ2v) is 5.73. The fourth-order valence-electron chi connectivity index (χ4n) is 2.60. The molecule has 2 aromatic heterocycles. The van der Waals surface area contributed by atoms with Gasteiger partial charge in [-0.25, -0.2) is 4.79 Å². The van der Waals surface area contributed by atoms with E-state index in [1.54, 1.807) is 21.8 Å². The van der Waals surface area contributed by atoms with Crippen molar-refractivity contribution in [1.82, 2.24) is 24.8 Å². The van der Waals surface area contributed by atoms with Crippen LogP contribution in [0, 0.1) is 5.92 Å². The van der Waals surface area contributed by atoms with E-state index in [0.717, 1.165) is 6.54 Å². The van der Waals surface area contributed by atoms with E-state index < -0.39 is 5.76 Å². The van der Waals surface area contributed by atoms with Crippen molar-refractivity contribution in [3.05, 3.63) is 34.3 Å². The Morgan fingerprint density at radius 2 is 2.24 bits per heavy atom. The molecule has 21 heavy (non-hydrogen) atoms. The van der Waals surface area contributed by atoms with Crippen LogP contribution in [-0.4, -0.2) is 43.8 Å². The number of hydrogen-bond donors (Lipinski definition) is 1. The molecule has 0 atom stereocenters. The average Bonchev–Trinajstić information content (AvgIpc) is 2.92. The van der Waals surface area contributed by atoms with Crippen molar-refractivity contribution < 1.29 is 9.32 Å². The van der Waals surface area contributed by atoms with Gasteiger partial charge in [0.25, 0.3) is 5.91 Å². The first-order valence-corrected chi connectivity index (χ1v) is 7.07. The summed E-state index contributed by atoms with van der Waals surface area (Å²) in [7, 11) is 0. The molecule has 0 bridgehead atoms. The van der Waals surface area contributed by atoms with Gasteiger partial charge in [0.05, 0.1) is 5.92 Å². The second kappa shape index (κ2) is 4.57. The Labute approximate surface area is 119 Å². The molecule has 0 unspecified atom stereocenters. The Morgan fingerprint density at radius 1 is 1.43 bits per heavy atom. The lowest BCUT2D eigenvalue weighted by atomic mass is 9.99. The second-order valence-electron chi connectivity index (χ2n) is 5.73. The van der Waals surface area contributed by atoms with Crippen LogP contribution in [0.15, 0.2) is 21.6 Å². The molecule has 1 aliphatic heterocycles. The molecule has 3 heterocycles. The lowest BCUT2D eigenvalue weighted by Crippen LogP contribution is -2.49. The molecular formula is C13H15N5O3. The number of H-pyrrole nitrogens is 1. The zero-order chi connectivity index (χ0) is 14.4. The van der Waals surface area contributed by atoms with Gasteiger partial charge in [-0.2, -0.15) is 5.10 Å². The Hall–Kier alpha value is -2.38. The summed E-state index contributed by atoms with van der Waals surface area (Å²) in [5, 5.41) is 7.89. The first kappa shape index (κ1) is 12.4. The number of amides is 1. The molecule has 1 aliphatic carbocycles. The summed E-state index contributed by atoms with van der Waals surface area (Å²) in [6.07, 6.45) is 4.11. The van der Waals surface area contributed by atoms with Crippen LogP contribution in [0.5, 0.6) is 0 Å². The minimum atomic E-state index is -0.558. The van der Waals surface area contributed by atoms with Gasteiger partial charge < -0.3 is 4.90 Å². The van der Waals surface area contributed by atoms with Crippen LogP contribution >= 0.6 is 0 Å². The van der Waals surface area contributed by atoms with Crippen molar-refractivity contribution in [3.8, 4) is 0 Å². The van der Waals surface area contributed by atoms with E-state index >= 15 is 0 Å². The molecule has 8 nitrogen and oxygen atoms in total. The van der Waals surface area contributed by atoms with Gasteiger partial charge in [0.2, 0.25) is 0 Å². The van der Waals surface area contributed by atoms with Crippen LogP contribution in [0.4, 0.5) is 0 Å². The van der Waals surface area contributed by atoms with Crippen molar-refractivity contribution in [2.75, 3.05) is 13.1 Å². The van der Waals surface area contributed by atoms with Crippen LogP contribution in [0.1, 0.15) is 35.1 Å². The van der Waals surface area contributed by atoms with E-state index in [1.165, 1.54) is 12.8 Å². The summed E-state index contributed by atoms with van der Waals surface area (Å²) >= 11 is 0. The summed E-state index contributed by atoms with van der Waals surface area (Å²) in [6, 6.07) is 1.76. The Kier molecular flexibility index (Phi) is 2.69. The third-order valence-corrected chi connectivity index (χ3v) is 4.08. The molecule has 2 aliphatic rings. The van der Waals surface area contributed by atoms with Gasteiger partial charge in [0.15, 0.2) is 5.82 Å². The summed E-state index contributed by atoms with van der Waals surface area (Å²) < 4.78 is 6.28. The minimum absolute atomic E-state index is 0.0183. The highest BCUT2D eigenvalue weighted by molar-refractivity contribution is 5.93. The van der Waals surface area contributed by atoms with Crippen LogP contribution < -0.4 is 5.76 Å². The average molecular weight is 289 g/mol. The van der Waals surface area contributed by atoms with Crippen LogP contribution in [0.25, 0.3) is 0 Å². The molecule has 1 N–H and O–H groups in total. The molecule has 2 fully saturated rings. The third-order valence-electron chi connectivity index (χ3n) is 4.08. The van der Waals surface area contributed by atoms with E-state index in [-0.39, 0.29) is 11.8 Å². The maximum Gasteiger partial charge on any atom is 0.438 e. The normalized spacial score (nSPS) is 18.8. The van der Waals surface area contributed by atoms with Crippen LogP contribution in [0.2, 0.25) is 0 Å².